The lowest BCUT2D eigenvalue weighted by Crippen LogP contribution is -1.97. The van der Waals surface area contributed by atoms with E-state index in [0.717, 1.165) is 0 Å². The van der Waals surface area contributed by atoms with E-state index in [-0.39, 0.29) is 0 Å². The third-order valence-electron chi connectivity index (χ3n) is 3.34. The molecule has 0 saturated carbocycles. The van der Waals surface area contributed by atoms with E-state index in [1.165, 1.54) is 32.6 Å². The van der Waals surface area contributed by atoms with E-state index < -0.39 is 0 Å². The Hall–Kier alpha value is -2.35. The summed E-state index contributed by atoms with van der Waals surface area (Å²) in [5, 5.41) is 5.07. The second-order valence-corrected chi connectivity index (χ2v) is 4.31. The fourth-order valence-electron chi connectivity index (χ4n) is 2.53. The molecule has 4 aromatic rings. The minimum Gasteiger partial charge on any atom is -0.354 e. The molecule has 0 aliphatic rings. The maximum absolute atomic E-state index is 3.51. The molecule has 2 nitrogen and oxygen atoms in total. The molecule has 0 atom stereocenters. The molecule has 2 heterocycles. The molecule has 0 fully saturated rings. The van der Waals surface area contributed by atoms with E-state index in [4.69, 9.17) is 0 Å². The first kappa shape index (κ1) is 8.76. The number of aromatic amines is 2. The van der Waals surface area contributed by atoms with Crippen LogP contribution in [0.3, 0.4) is 0 Å². The molecule has 2 aromatic carbocycles. The Kier molecular flexibility index (Phi) is 1.59. The summed E-state index contributed by atoms with van der Waals surface area (Å²) in [4.78, 5) is 6.63. The topological polar surface area (TPSA) is 29.9 Å². The third kappa shape index (κ3) is 1.12. The number of nitrogens with one attached hydrogen (secondary N) is 2. The van der Waals surface area contributed by atoms with E-state index in [9.17, 15) is 0 Å². The van der Waals surface area contributed by atoms with Gasteiger partial charge in [-0.05, 0) is 12.1 Å². The number of hydrogen-bond donors (Lipinski definition) is 1. The van der Waals surface area contributed by atoms with Crippen molar-refractivity contribution in [3.8, 4) is 0 Å². The second-order valence-electron chi connectivity index (χ2n) is 4.31. The van der Waals surface area contributed by atoms with Crippen LogP contribution in [0.5, 0.6) is 0 Å². The van der Waals surface area contributed by atoms with Gasteiger partial charge in [0.2, 0.25) is 0 Å². The SMILES string of the molecule is c1ccc2c(c1)[nH]c1c3cc[nH+]cc3ccc21. The van der Waals surface area contributed by atoms with Gasteiger partial charge in [-0.1, -0.05) is 24.3 Å². The summed E-state index contributed by atoms with van der Waals surface area (Å²) < 4.78 is 0. The van der Waals surface area contributed by atoms with Crippen LogP contribution in [0.4, 0.5) is 0 Å². The Morgan fingerprint density at radius 2 is 1.76 bits per heavy atom. The molecule has 2 aromatic heterocycles. The van der Waals surface area contributed by atoms with Crippen molar-refractivity contribution >= 4 is 32.6 Å². The lowest BCUT2D eigenvalue weighted by molar-refractivity contribution is -0.375. The van der Waals surface area contributed by atoms with E-state index >= 15 is 0 Å². The first-order valence-corrected chi connectivity index (χ1v) is 5.73. The highest BCUT2D eigenvalue weighted by atomic mass is 14.7. The Morgan fingerprint density at radius 3 is 2.76 bits per heavy atom. The standard InChI is InChI=1S/C15H10N2/c1-2-4-14-12(3-1)13-6-5-10-9-16-8-7-11(10)15(13)17-14/h1-9,17H/p+1. The molecule has 0 radical (unpaired) electrons. The molecular weight excluding hydrogens is 208 g/mol. The number of benzene rings is 2. The largest absolute Gasteiger partial charge is 0.354 e. The van der Waals surface area contributed by atoms with E-state index in [0.29, 0.717) is 0 Å². The molecule has 0 bridgehead atoms. The highest BCUT2D eigenvalue weighted by molar-refractivity contribution is 6.16. The molecule has 0 amide bonds. The Balaban J connectivity index is 2.34. The van der Waals surface area contributed by atoms with Crippen molar-refractivity contribution in [2.24, 2.45) is 0 Å². The first-order valence-electron chi connectivity index (χ1n) is 5.73. The molecule has 2 N–H and O–H groups in total. The van der Waals surface area contributed by atoms with Gasteiger partial charge in [-0.2, -0.15) is 0 Å². The van der Waals surface area contributed by atoms with Crippen molar-refractivity contribution in [1.82, 2.24) is 4.98 Å². The van der Waals surface area contributed by atoms with Crippen molar-refractivity contribution < 1.29 is 4.98 Å². The van der Waals surface area contributed by atoms with Gasteiger partial charge in [-0.15, -0.1) is 0 Å². The maximum atomic E-state index is 3.51. The summed E-state index contributed by atoms with van der Waals surface area (Å²) >= 11 is 0. The summed E-state index contributed by atoms with van der Waals surface area (Å²) in [5.74, 6) is 0. The molecule has 4 rings (SSSR count). The van der Waals surface area contributed by atoms with Gasteiger partial charge in [0.1, 0.15) is 0 Å². The molecule has 0 spiro atoms. The number of aromatic nitrogens is 2. The molecule has 0 saturated heterocycles. The molecule has 0 unspecified atom stereocenters. The van der Waals surface area contributed by atoms with Crippen molar-refractivity contribution in [1.29, 1.82) is 0 Å². The summed E-state index contributed by atoms with van der Waals surface area (Å²) in [6.07, 6.45) is 3.99. The summed E-state index contributed by atoms with van der Waals surface area (Å²) in [6, 6.07) is 14.9. The number of hydrogen-bond acceptors (Lipinski definition) is 0. The highest BCUT2D eigenvalue weighted by Crippen LogP contribution is 2.29. The molecule has 2 heteroatoms. The first-order chi connectivity index (χ1) is 8.43. The number of rotatable bonds is 0. The molecule has 0 aliphatic heterocycles. The van der Waals surface area contributed by atoms with Gasteiger partial charge in [0, 0.05) is 33.1 Å². The Bertz CT molecular complexity index is 843. The van der Waals surface area contributed by atoms with E-state index in [1.807, 2.05) is 12.4 Å². The average Bonchev–Trinajstić information content (AvgIpc) is 2.78. The molecule has 17 heavy (non-hydrogen) atoms. The van der Waals surface area contributed by atoms with Crippen LogP contribution in [0.1, 0.15) is 0 Å². The minimum absolute atomic E-state index is 1.20. The third-order valence-corrected chi connectivity index (χ3v) is 3.34. The second kappa shape index (κ2) is 3.08. The number of para-hydroxylation sites is 1. The van der Waals surface area contributed by atoms with Gasteiger partial charge in [-0.3, -0.25) is 0 Å². The fraction of sp³-hybridized carbons (Fsp3) is 0. The molecular formula is C15H11N2+. The number of H-pyrrole nitrogens is 2. The van der Waals surface area contributed by atoms with Gasteiger partial charge < -0.3 is 4.98 Å². The quantitative estimate of drug-likeness (QED) is 0.470. The van der Waals surface area contributed by atoms with Crippen LogP contribution in [0.25, 0.3) is 32.6 Å². The highest BCUT2D eigenvalue weighted by Gasteiger charge is 2.07. The van der Waals surface area contributed by atoms with Crippen molar-refractivity contribution in [2.75, 3.05) is 0 Å². The summed E-state index contributed by atoms with van der Waals surface area (Å²) in [5.41, 5.74) is 2.42. The van der Waals surface area contributed by atoms with Crippen LogP contribution in [-0.4, -0.2) is 4.98 Å². The molecule has 80 valence electrons. The van der Waals surface area contributed by atoms with Gasteiger partial charge in [0.25, 0.3) is 0 Å². The van der Waals surface area contributed by atoms with Gasteiger partial charge in [-0.25, -0.2) is 4.98 Å². The summed E-state index contributed by atoms with van der Waals surface area (Å²) in [6.45, 7) is 0. The number of pyridine rings is 1. The molecule has 0 aliphatic carbocycles. The fourth-order valence-corrected chi connectivity index (χ4v) is 2.53. The van der Waals surface area contributed by atoms with Crippen LogP contribution >= 0.6 is 0 Å². The average molecular weight is 219 g/mol. The van der Waals surface area contributed by atoms with Crippen LogP contribution in [0.2, 0.25) is 0 Å². The zero-order valence-electron chi connectivity index (χ0n) is 9.20. The summed E-state index contributed by atoms with van der Waals surface area (Å²) in [7, 11) is 0. The lowest BCUT2D eigenvalue weighted by atomic mass is 10.1. The smallest absolute Gasteiger partial charge is 0.174 e. The van der Waals surface area contributed by atoms with Crippen molar-refractivity contribution in [3.63, 3.8) is 0 Å². The van der Waals surface area contributed by atoms with E-state index in [2.05, 4.69) is 52.4 Å². The van der Waals surface area contributed by atoms with E-state index in [1.54, 1.807) is 0 Å². The monoisotopic (exact) mass is 219 g/mol. The zero-order chi connectivity index (χ0) is 11.2. The number of fused-ring (bicyclic) bond motifs is 5. The minimum atomic E-state index is 1.20. The van der Waals surface area contributed by atoms with Crippen molar-refractivity contribution in [2.45, 2.75) is 0 Å². The van der Waals surface area contributed by atoms with Crippen LogP contribution in [0.15, 0.2) is 54.9 Å². The Morgan fingerprint density at radius 1 is 0.824 bits per heavy atom. The van der Waals surface area contributed by atoms with Crippen molar-refractivity contribution in [3.05, 3.63) is 54.9 Å². The van der Waals surface area contributed by atoms with Gasteiger partial charge in [0.05, 0.1) is 5.52 Å². The van der Waals surface area contributed by atoms with Crippen LogP contribution < -0.4 is 4.98 Å². The predicted molar refractivity (Wildman–Crippen MR) is 69.9 cm³/mol. The van der Waals surface area contributed by atoms with Gasteiger partial charge in [0.15, 0.2) is 12.4 Å². The predicted octanol–water partition coefficient (Wildman–Crippen LogP) is 3.29. The van der Waals surface area contributed by atoms with Crippen LogP contribution in [-0.2, 0) is 0 Å². The zero-order valence-corrected chi connectivity index (χ0v) is 9.20. The maximum Gasteiger partial charge on any atom is 0.174 e. The normalized spacial score (nSPS) is 11.5. The lowest BCUT2D eigenvalue weighted by Gasteiger charge is -1.95. The Labute approximate surface area is 97.9 Å². The van der Waals surface area contributed by atoms with Crippen LogP contribution in [0, 0.1) is 0 Å². The van der Waals surface area contributed by atoms with Gasteiger partial charge >= 0.3 is 0 Å².